The van der Waals surface area contributed by atoms with E-state index in [2.05, 4.69) is 88.0 Å². The van der Waals surface area contributed by atoms with Crippen LogP contribution in [0.4, 0.5) is 0 Å². The molecule has 2 fully saturated rings. The molecule has 0 amide bonds. The molecule has 0 bridgehead atoms. The maximum Gasteiger partial charge on any atom is 0.335 e. The highest BCUT2D eigenvalue weighted by atomic mass is 16.4. The Bertz CT molecular complexity index is 1180. The standard InChI is InChI=1S/C33H42N4O2/c1-26-20-36(24-30-12-14-32(15-13-30)33(38)39)21-27(2)37(26)25-31-10-8-29(9-11-31)23-35-18-16-34(17-19-35)22-28-6-4-3-5-7-28/h3-15,26-27H,16-25H2,1-2H3,(H,38,39)/t26-,27+. The van der Waals surface area contributed by atoms with Gasteiger partial charge < -0.3 is 5.11 Å². The molecule has 3 aromatic carbocycles. The average Bonchev–Trinajstić information content (AvgIpc) is 2.94. The quantitative estimate of drug-likeness (QED) is 0.432. The second-order valence-electron chi connectivity index (χ2n) is 11.4. The SMILES string of the molecule is C[C@@H]1CN(Cc2ccc(C(=O)O)cc2)C[C@H](C)N1Cc1ccc(CN2CCN(Cc3ccccc3)CC2)cc1. The van der Waals surface area contributed by atoms with E-state index in [9.17, 15) is 4.79 Å². The molecule has 6 heteroatoms. The zero-order valence-corrected chi connectivity index (χ0v) is 23.4. The first-order chi connectivity index (χ1) is 18.9. The Hall–Kier alpha value is -3.03. The van der Waals surface area contributed by atoms with Gasteiger partial charge in [0.2, 0.25) is 0 Å². The molecule has 0 spiro atoms. The van der Waals surface area contributed by atoms with Crippen molar-refractivity contribution in [2.75, 3.05) is 39.3 Å². The molecule has 0 radical (unpaired) electrons. The number of hydrogen-bond acceptors (Lipinski definition) is 5. The zero-order valence-electron chi connectivity index (χ0n) is 23.4. The lowest BCUT2D eigenvalue weighted by atomic mass is 10.0. The third-order valence-electron chi connectivity index (χ3n) is 8.29. The van der Waals surface area contributed by atoms with Gasteiger partial charge in [-0.1, -0.05) is 66.7 Å². The van der Waals surface area contributed by atoms with E-state index in [1.807, 2.05) is 12.1 Å². The fourth-order valence-electron chi connectivity index (χ4n) is 6.08. The summed E-state index contributed by atoms with van der Waals surface area (Å²) in [4.78, 5) is 21.4. The molecule has 1 N–H and O–H groups in total. The molecule has 206 valence electrons. The summed E-state index contributed by atoms with van der Waals surface area (Å²) < 4.78 is 0. The molecule has 3 aromatic rings. The topological polar surface area (TPSA) is 50.3 Å². The maximum absolute atomic E-state index is 11.1. The third kappa shape index (κ3) is 7.55. The molecular weight excluding hydrogens is 484 g/mol. The van der Waals surface area contributed by atoms with Crippen LogP contribution in [0.3, 0.4) is 0 Å². The van der Waals surface area contributed by atoms with Crippen LogP contribution in [0.5, 0.6) is 0 Å². The predicted molar refractivity (Wildman–Crippen MR) is 157 cm³/mol. The van der Waals surface area contributed by atoms with Crippen LogP contribution in [0.2, 0.25) is 0 Å². The number of rotatable bonds is 9. The van der Waals surface area contributed by atoms with Crippen molar-refractivity contribution in [1.82, 2.24) is 19.6 Å². The lowest BCUT2D eigenvalue weighted by Gasteiger charge is -2.44. The number of carboxylic acid groups (broad SMARTS) is 1. The minimum atomic E-state index is -0.872. The summed E-state index contributed by atoms with van der Waals surface area (Å²) in [5, 5.41) is 9.14. The van der Waals surface area contributed by atoms with Crippen LogP contribution < -0.4 is 0 Å². The van der Waals surface area contributed by atoms with Crippen LogP contribution in [-0.4, -0.2) is 82.0 Å². The second kappa shape index (κ2) is 12.9. The molecule has 6 nitrogen and oxygen atoms in total. The van der Waals surface area contributed by atoms with Crippen molar-refractivity contribution in [2.45, 2.75) is 52.1 Å². The first-order valence-electron chi connectivity index (χ1n) is 14.3. The van der Waals surface area contributed by atoms with Gasteiger partial charge >= 0.3 is 5.97 Å². The van der Waals surface area contributed by atoms with Gasteiger partial charge in [-0.25, -0.2) is 4.79 Å². The van der Waals surface area contributed by atoms with Gasteiger partial charge in [0.25, 0.3) is 0 Å². The average molecular weight is 527 g/mol. The largest absolute Gasteiger partial charge is 0.478 e. The molecule has 2 atom stereocenters. The number of carboxylic acids is 1. The van der Waals surface area contributed by atoms with Crippen LogP contribution >= 0.6 is 0 Å². The van der Waals surface area contributed by atoms with Crippen molar-refractivity contribution in [1.29, 1.82) is 0 Å². The van der Waals surface area contributed by atoms with E-state index >= 15 is 0 Å². The van der Waals surface area contributed by atoms with E-state index in [1.54, 1.807) is 12.1 Å². The molecule has 2 aliphatic heterocycles. The van der Waals surface area contributed by atoms with Gasteiger partial charge in [-0.15, -0.1) is 0 Å². The van der Waals surface area contributed by atoms with E-state index in [4.69, 9.17) is 5.11 Å². The van der Waals surface area contributed by atoms with Crippen LogP contribution in [-0.2, 0) is 26.2 Å². The van der Waals surface area contributed by atoms with E-state index < -0.39 is 5.97 Å². The van der Waals surface area contributed by atoms with Crippen LogP contribution in [0, 0.1) is 0 Å². The van der Waals surface area contributed by atoms with Crippen LogP contribution in [0.25, 0.3) is 0 Å². The number of nitrogens with zero attached hydrogens (tertiary/aromatic N) is 4. The van der Waals surface area contributed by atoms with E-state index in [1.165, 1.54) is 22.3 Å². The minimum Gasteiger partial charge on any atom is -0.478 e. The van der Waals surface area contributed by atoms with E-state index in [0.717, 1.165) is 65.4 Å². The molecule has 5 rings (SSSR count). The fourth-order valence-corrected chi connectivity index (χ4v) is 6.08. The third-order valence-corrected chi connectivity index (χ3v) is 8.29. The van der Waals surface area contributed by atoms with Crippen molar-refractivity contribution >= 4 is 5.97 Å². The summed E-state index contributed by atoms with van der Waals surface area (Å²) in [6.45, 7) is 15.1. The Morgan fingerprint density at radius 2 is 1.03 bits per heavy atom. The highest BCUT2D eigenvalue weighted by Crippen LogP contribution is 2.22. The first kappa shape index (κ1) is 27.5. The van der Waals surface area contributed by atoms with E-state index in [0.29, 0.717) is 17.6 Å². The van der Waals surface area contributed by atoms with Gasteiger partial charge in [-0.05, 0) is 48.2 Å². The fraction of sp³-hybridized carbons (Fsp3) is 0.424. The molecule has 0 aliphatic carbocycles. The van der Waals surface area contributed by atoms with Crippen molar-refractivity contribution in [2.24, 2.45) is 0 Å². The van der Waals surface area contributed by atoms with Gasteiger partial charge in [-0.2, -0.15) is 0 Å². The minimum absolute atomic E-state index is 0.345. The summed E-state index contributed by atoms with van der Waals surface area (Å²) in [7, 11) is 0. The summed E-state index contributed by atoms with van der Waals surface area (Å²) in [6, 6.07) is 28.3. The Morgan fingerprint density at radius 1 is 0.615 bits per heavy atom. The summed E-state index contributed by atoms with van der Waals surface area (Å²) >= 11 is 0. The number of carbonyl (C=O) groups is 1. The predicted octanol–water partition coefficient (Wildman–Crippen LogP) is 4.80. The van der Waals surface area contributed by atoms with Crippen molar-refractivity contribution in [3.8, 4) is 0 Å². The molecular formula is C33H42N4O2. The van der Waals surface area contributed by atoms with Gasteiger partial charge in [0.15, 0.2) is 0 Å². The Balaban J connectivity index is 1.07. The maximum atomic E-state index is 11.1. The van der Waals surface area contributed by atoms with Gasteiger partial charge in [0, 0.05) is 77.5 Å². The summed E-state index contributed by atoms with van der Waals surface area (Å²) in [5.41, 5.74) is 5.69. The Labute approximate surface area is 233 Å². The van der Waals surface area contributed by atoms with Gasteiger partial charge in [-0.3, -0.25) is 19.6 Å². The van der Waals surface area contributed by atoms with Gasteiger partial charge in [0.05, 0.1) is 5.56 Å². The van der Waals surface area contributed by atoms with Crippen molar-refractivity contribution in [3.05, 3.63) is 107 Å². The molecule has 39 heavy (non-hydrogen) atoms. The van der Waals surface area contributed by atoms with Crippen LogP contribution in [0.15, 0.2) is 78.9 Å². The number of piperazine rings is 2. The molecule has 2 heterocycles. The highest BCUT2D eigenvalue weighted by molar-refractivity contribution is 5.87. The highest BCUT2D eigenvalue weighted by Gasteiger charge is 2.29. The zero-order chi connectivity index (χ0) is 27.2. The van der Waals surface area contributed by atoms with E-state index in [-0.39, 0.29) is 0 Å². The normalized spacial score (nSPS) is 21.7. The Kier molecular flexibility index (Phi) is 9.09. The van der Waals surface area contributed by atoms with Crippen molar-refractivity contribution < 1.29 is 9.90 Å². The number of hydrogen-bond donors (Lipinski definition) is 1. The second-order valence-corrected chi connectivity index (χ2v) is 11.4. The first-order valence-corrected chi connectivity index (χ1v) is 14.3. The molecule has 0 saturated carbocycles. The summed E-state index contributed by atoms with van der Waals surface area (Å²) in [6.07, 6.45) is 0. The molecule has 2 saturated heterocycles. The number of benzene rings is 3. The summed E-state index contributed by atoms with van der Waals surface area (Å²) in [5.74, 6) is -0.872. The lowest BCUT2D eigenvalue weighted by Crippen LogP contribution is -2.55. The lowest BCUT2D eigenvalue weighted by molar-refractivity contribution is 0.0290. The van der Waals surface area contributed by atoms with Crippen molar-refractivity contribution in [3.63, 3.8) is 0 Å². The smallest absolute Gasteiger partial charge is 0.335 e. The Morgan fingerprint density at radius 3 is 1.51 bits per heavy atom. The van der Waals surface area contributed by atoms with Gasteiger partial charge in [0.1, 0.15) is 0 Å². The molecule has 0 aromatic heterocycles. The molecule has 2 aliphatic rings. The number of aromatic carboxylic acids is 1. The van der Waals surface area contributed by atoms with Crippen LogP contribution in [0.1, 0.15) is 46.5 Å². The monoisotopic (exact) mass is 526 g/mol. The molecule has 0 unspecified atom stereocenters.